The highest BCUT2D eigenvalue weighted by atomic mass is 35.5. The molecule has 0 aromatic heterocycles. The fourth-order valence-electron chi connectivity index (χ4n) is 1.22. The first-order valence-electron chi connectivity index (χ1n) is 4.99. The van der Waals surface area contributed by atoms with Gasteiger partial charge >= 0.3 is 0 Å². The van der Waals surface area contributed by atoms with Gasteiger partial charge < -0.3 is 5.32 Å². The van der Waals surface area contributed by atoms with E-state index in [1.54, 1.807) is 0 Å². The quantitative estimate of drug-likeness (QED) is 0.606. The Morgan fingerprint density at radius 1 is 1.27 bits per heavy atom. The Morgan fingerprint density at radius 2 is 2.00 bits per heavy atom. The second kappa shape index (κ2) is 6.03. The molecule has 0 atom stereocenters. The first kappa shape index (κ1) is 12.4. The zero-order valence-corrected chi connectivity index (χ0v) is 9.37. The molecule has 0 radical (unpaired) electrons. The number of benzene rings is 1. The van der Waals surface area contributed by atoms with Crippen molar-refractivity contribution in [2.45, 2.75) is 26.3 Å². The van der Waals surface area contributed by atoms with E-state index >= 15 is 0 Å². The van der Waals surface area contributed by atoms with Crippen molar-refractivity contribution in [1.29, 1.82) is 0 Å². The maximum atomic E-state index is 13.2. The zero-order chi connectivity index (χ0) is 11.3. The average Bonchev–Trinajstić information content (AvgIpc) is 2.20. The van der Waals surface area contributed by atoms with E-state index in [-0.39, 0.29) is 5.02 Å². The van der Waals surface area contributed by atoms with Gasteiger partial charge in [0.25, 0.3) is 0 Å². The molecule has 0 saturated carbocycles. The average molecular weight is 234 g/mol. The molecule has 1 aromatic rings. The van der Waals surface area contributed by atoms with Crippen molar-refractivity contribution in [3.63, 3.8) is 0 Å². The van der Waals surface area contributed by atoms with E-state index in [1.807, 2.05) is 0 Å². The van der Waals surface area contributed by atoms with E-state index in [4.69, 9.17) is 11.6 Å². The molecule has 0 amide bonds. The molecule has 0 bridgehead atoms. The SMILES string of the molecule is CCCCNCc1cc(F)c(Cl)cc1F. The van der Waals surface area contributed by atoms with Crippen LogP contribution in [0.2, 0.25) is 5.02 Å². The number of nitrogens with one attached hydrogen (secondary N) is 1. The molecule has 4 heteroatoms. The van der Waals surface area contributed by atoms with E-state index in [1.165, 1.54) is 0 Å². The van der Waals surface area contributed by atoms with Crippen molar-refractivity contribution in [2.24, 2.45) is 0 Å². The molecule has 0 aliphatic rings. The molecule has 0 aliphatic carbocycles. The molecule has 15 heavy (non-hydrogen) atoms. The number of rotatable bonds is 5. The Labute approximate surface area is 93.4 Å². The summed E-state index contributed by atoms with van der Waals surface area (Å²) in [5.41, 5.74) is 0.313. The van der Waals surface area contributed by atoms with Crippen LogP contribution in [0.1, 0.15) is 25.3 Å². The number of hydrogen-bond donors (Lipinski definition) is 1. The van der Waals surface area contributed by atoms with Crippen molar-refractivity contribution in [1.82, 2.24) is 5.32 Å². The summed E-state index contributed by atoms with van der Waals surface area (Å²) < 4.78 is 26.3. The minimum absolute atomic E-state index is 0.176. The first-order chi connectivity index (χ1) is 7.15. The van der Waals surface area contributed by atoms with Gasteiger partial charge in [-0.3, -0.25) is 0 Å². The van der Waals surface area contributed by atoms with Crippen molar-refractivity contribution in [2.75, 3.05) is 6.54 Å². The summed E-state index contributed by atoms with van der Waals surface area (Å²) in [7, 11) is 0. The molecule has 1 nitrogen and oxygen atoms in total. The Bertz CT molecular complexity index is 329. The maximum absolute atomic E-state index is 13.2. The lowest BCUT2D eigenvalue weighted by Crippen LogP contribution is -2.15. The lowest BCUT2D eigenvalue weighted by Gasteiger charge is -2.06. The van der Waals surface area contributed by atoms with Gasteiger partial charge in [0.2, 0.25) is 0 Å². The predicted molar refractivity (Wildman–Crippen MR) is 58.0 cm³/mol. The van der Waals surface area contributed by atoms with Crippen LogP contribution in [0.3, 0.4) is 0 Å². The summed E-state index contributed by atoms with van der Waals surface area (Å²) in [6.07, 6.45) is 2.10. The van der Waals surface area contributed by atoms with Crippen LogP contribution in [-0.2, 0) is 6.54 Å². The molecule has 0 unspecified atom stereocenters. The molecule has 0 saturated heterocycles. The lowest BCUT2D eigenvalue weighted by atomic mass is 10.2. The highest BCUT2D eigenvalue weighted by Crippen LogP contribution is 2.19. The van der Waals surface area contributed by atoms with E-state index in [9.17, 15) is 8.78 Å². The summed E-state index contributed by atoms with van der Waals surface area (Å²) in [5, 5.41) is 2.86. The van der Waals surface area contributed by atoms with Crippen LogP contribution in [-0.4, -0.2) is 6.54 Å². The van der Waals surface area contributed by atoms with Gasteiger partial charge in [0.1, 0.15) is 11.6 Å². The van der Waals surface area contributed by atoms with E-state index in [2.05, 4.69) is 12.2 Å². The largest absolute Gasteiger partial charge is 0.313 e. The van der Waals surface area contributed by atoms with Crippen molar-refractivity contribution in [3.05, 3.63) is 34.4 Å². The second-order valence-electron chi connectivity index (χ2n) is 3.39. The Kier molecular flexibility index (Phi) is 4.99. The minimum atomic E-state index is -0.578. The van der Waals surface area contributed by atoms with Gasteiger partial charge in [-0.15, -0.1) is 0 Å². The summed E-state index contributed by atoms with van der Waals surface area (Å²) in [6.45, 7) is 3.21. The topological polar surface area (TPSA) is 12.0 Å². The van der Waals surface area contributed by atoms with E-state index in [0.29, 0.717) is 12.1 Å². The Balaban J connectivity index is 2.57. The van der Waals surface area contributed by atoms with Gasteiger partial charge in [-0.05, 0) is 25.1 Å². The predicted octanol–water partition coefficient (Wildman–Crippen LogP) is 3.51. The summed E-state index contributed by atoms with van der Waals surface area (Å²) in [5.74, 6) is -1.05. The first-order valence-corrected chi connectivity index (χ1v) is 5.37. The van der Waals surface area contributed by atoms with E-state index in [0.717, 1.165) is 31.5 Å². The van der Waals surface area contributed by atoms with Crippen molar-refractivity contribution in [3.8, 4) is 0 Å². The van der Waals surface area contributed by atoms with Gasteiger partial charge in [0, 0.05) is 12.1 Å². The maximum Gasteiger partial charge on any atom is 0.142 e. The second-order valence-corrected chi connectivity index (χ2v) is 3.80. The minimum Gasteiger partial charge on any atom is -0.313 e. The van der Waals surface area contributed by atoms with Crippen LogP contribution in [0.4, 0.5) is 8.78 Å². The number of unbranched alkanes of at least 4 members (excludes halogenated alkanes) is 1. The summed E-state index contributed by atoms with van der Waals surface area (Å²) in [6, 6.07) is 2.14. The van der Waals surface area contributed by atoms with Gasteiger partial charge in [-0.25, -0.2) is 8.78 Å². The molecule has 0 fully saturated rings. The van der Waals surface area contributed by atoms with E-state index < -0.39 is 11.6 Å². The third-order valence-electron chi connectivity index (χ3n) is 2.11. The highest BCUT2D eigenvalue weighted by Gasteiger charge is 2.07. The molecule has 1 N–H and O–H groups in total. The fraction of sp³-hybridized carbons (Fsp3) is 0.455. The highest BCUT2D eigenvalue weighted by molar-refractivity contribution is 6.30. The smallest absolute Gasteiger partial charge is 0.142 e. The molecule has 0 aliphatic heterocycles. The number of halogens is 3. The van der Waals surface area contributed by atoms with Crippen molar-refractivity contribution >= 4 is 11.6 Å². The van der Waals surface area contributed by atoms with Gasteiger partial charge in [0.15, 0.2) is 0 Å². The summed E-state index contributed by atoms with van der Waals surface area (Å²) >= 11 is 5.43. The Morgan fingerprint density at radius 3 is 2.67 bits per heavy atom. The van der Waals surface area contributed by atoms with Crippen molar-refractivity contribution < 1.29 is 8.78 Å². The Hall–Kier alpha value is -0.670. The zero-order valence-electron chi connectivity index (χ0n) is 8.62. The molecule has 84 valence electrons. The molecule has 1 aromatic carbocycles. The van der Waals surface area contributed by atoms with Crippen LogP contribution < -0.4 is 5.32 Å². The molecule has 0 heterocycles. The summed E-state index contributed by atoms with van der Waals surface area (Å²) in [4.78, 5) is 0. The third kappa shape index (κ3) is 3.76. The standard InChI is InChI=1S/C11H14ClF2N/c1-2-3-4-15-7-8-5-11(14)9(12)6-10(8)13/h5-6,15H,2-4,7H2,1H3. The third-order valence-corrected chi connectivity index (χ3v) is 2.40. The molecule has 1 rings (SSSR count). The molecule has 0 spiro atoms. The van der Waals surface area contributed by atoms with Crippen LogP contribution in [0.15, 0.2) is 12.1 Å². The monoisotopic (exact) mass is 233 g/mol. The van der Waals surface area contributed by atoms with Gasteiger partial charge in [-0.1, -0.05) is 24.9 Å². The van der Waals surface area contributed by atoms with Crippen LogP contribution in [0.25, 0.3) is 0 Å². The number of hydrogen-bond acceptors (Lipinski definition) is 1. The molecular formula is C11H14ClF2N. The van der Waals surface area contributed by atoms with Crippen LogP contribution in [0, 0.1) is 11.6 Å². The van der Waals surface area contributed by atoms with Gasteiger partial charge in [0.05, 0.1) is 5.02 Å². The molecular weight excluding hydrogens is 220 g/mol. The van der Waals surface area contributed by atoms with Gasteiger partial charge in [-0.2, -0.15) is 0 Å². The lowest BCUT2D eigenvalue weighted by molar-refractivity contribution is 0.564. The van der Waals surface area contributed by atoms with Crippen LogP contribution >= 0.6 is 11.6 Å². The van der Waals surface area contributed by atoms with Crippen LogP contribution in [0.5, 0.6) is 0 Å². The normalized spacial score (nSPS) is 10.7. The fourth-order valence-corrected chi connectivity index (χ4v) is 1.37.